The van der Waals surface area contributed by atoms with Gasteiger partial charge in [0.25, 0.3) is 0 Å². The molecule has 4 aromatic rings. The number of thiophene rings is 1. The van der Waals surface area contributed by atoms with Crippen LogP contribution in [0.4, 0.5) is 0 Å². The lowest BCUT2D eigenvalue weighted by Gasteiger charge is -2.60. The number of carbonyl (C=O) groups is 2. The second kappa shape index (κ2) is 10.6. The first-order chi connectivity index (χ1) is 20.6. The average Bonchev–Trinajstić information content (AvgIpc) is 3.73. The molecule has 1 saturated carbocycles. The first-order valence-electron chi connectivity index (χ1n) is 14.6. The van der Waals surface area contributed by atoms with Gasteiger partial charge in [-0.05, 0) is 53.1 Å². The van der Waals surface area contributed by atoms with E-state index in [1.165, 1.54) is 16.7 Å². The summed E-state index contributed by atoms with van der Waals surface area (Å²) >= 11 is 1.65. The molecule has 2 heterocycles. The quantitative estimate of drug-likeness (QED) is 0.260. The number of carbonyl (C=O) groups excluding carboxylic acids is 2. The van der Waals surface area contributed by atoms with E-state index in [0.717, 1.165) is 29.0 Å². The van der Waals surface area contributed by atoms with Crippen LogP contribution >= 0.6 is 11.3 Å². The summed E-state index contributed by atoms with van der Waals surface area (Å²) in [7, 11) is 1.63. The molecule has 3 aromatic carbocycles. The van der Waals surface area contributed by atoms with Crippen LogP contribution in [0.5, 0.6) is 5.75 Å². The van der Waals surface area contributed by atoms with Crippen LogP contribution < -0.4 is 10.1 Å². The number of nitrogens with zero attached hydrogens (tertiary/aromatic N) is 1. The van der Waals surface area contributed by atoms with E-state index in [4.69, 9.17) is 4.74 Å². The molecule has 3 aliphatic carbocycles. The normalized spacial score (nSPS) is 25.7. The number of para-hydroxylation sites is 1. The molecule has 5 nitrogen and oxygen atoms in total. The number of nitrogens with one attached hydrogen (secondary N) is 1. The van der Waals surface area contributed by atoms with Gasteiger partial charge in [0.05, 0.1) is 19.1 Å². The van der Waals surface area contributed by atoms with Crippen molar-refractivity contribution in [2.45, 2.75) is 30.7 Å². The number of methoxy groups -OCH3 is 1. The highest BCUT2D eigenvalue weighted by atomic mass is 32.1. The van der Waals surface area contributed by atoms with Gasteiger partial charge in [-0.15, -0.1) is 11.3 Å². The third-order valence-corrected chi connectivity index (χ3v) is 10.8. The summed E-state index contributed by atoms with van der Waals surface area (Å²) in [5.41, 5.74) is 3.57. The molecule has 4 atom stereocenters. The zero-order chi connectivity index (χ0) is 28.7. The summed E-state index contributed by atoms with van der Waals surface area (Å²) in [6.45, 7) is 1.43. The van der Waals surface area contributed by atoms with Gasteiger partial charge < -0.3 is 15.0 Å². The van der Waals surface area contributed by atoms with E-state index in [9.17, 15) is 9.59 Å². The standard InChI is InChI=1S/C36H34N2O3S/c1-41-31-16-8-5-10-25(31)17-18-33(39)38-23-32-35(26-11-3-2-4-12-26)20-19-30(28-14-6-7-15-29(28)35)36(32,24-38)34(40)37-22-27-13-9-21-42-27/h2-18,21,30,32H,19-20,22-24H2,1H3,(H,37,40)/t30-,32+,35-,36+/m1/s1. The summed E-state index contributed by atoms with van der Waals surface area (Å²) in [4.78, 5) is 31.6. The van der Waals surface area contributed by atoms with Crippen molar-refractivity contribution in [3.8, 4) is 5.75 Å². The van der Waals surface area contributed by atoms with Gasteiger partial charge in [0.1, 0.15) is 5.75 Å². The van der Waals surface area contributed by atoms with Crippen LogP contribution in [0.1, 0.15) is 45.9 Å². The summed E-state index contributed by atoms with van der Waals surface area (Å²) in [6, 6.07) is 31.1. The topological polar surface area (TPSA) is 58.6 Å². The number of hydrogen-bond acceptors (Lipinski definition) is 4. The zero-order valence-corrected chi connectivity index (χ0v) is 24.5. The number of likely N-dealkylation sites (tertiary alicyclic amines) is 1. The van der Waals surface area contributed by atoms with E-state index in [-0.39, 0.29) is 29.1 Å². The largest absolute Gasteiger partial charge is 0.496 e. The molecule has 212 valence electrons. The maximum absolute atomic E-state index is 14.6. The van der Waals surface area contributed by atoms with Crippen LogP contribution in [0, 0.1) is 11.3 Å². The first kappa shape index (κ1) is 26.7. The van der Waals surface area contributed by atoms with Crippen LogP contribution in [0.2, 0.25) is 0 Å². The lowest BCUT2D eigenvalue weighted by atomic mass is 9.42. The lowest BCUT2D eigenvalue weighted by molar-refractivity contribution is -0.139. The van der Waals surface area contributed by atoms with E-state index >= 15 is 0 Å². The Balaban J connectivity index is 1.32. The van der Waals surface area contributed by atoms with Gasteiger partial charge in [0.15, 0.2) is 0 Å². The van der Waals surface area contributed by atoms with Crippen LogP contribution in [0.25, 0.3) is 6.08 Å². The Hall–Kier alpha value is -4.16. The summed E-state index contributed by atoms with van der Waals surface area (Å²) < 4.78 is 5.49. The highest BCUT2D eigenvalue weighted by molar-refractivity contribution is 7.09. The Labute approximate surface area is 250 Å². The average molecular weight is 575 g/mol. The molecule has 6 heteroatoms. The summed E-state index contributed by atoms with van der Waals surface area (Å²) in [6.07, 6.45) is 5.33. The SMILES string of the molecule is COc1ccccc1C=CC(=O)N1C[C@H]2[C@@]3(c4ccccc4)CC[C@H](c4ccccc43)[C@@]2(C(=O)NCc2cccs2)C1. The Kier molecular flexibility index (Phi) is 6.74. The fourth-order valence-corrected chi connectivity index (χ4v) is 8.84. The number of amides is 2. The van der Waals surface area contributed by atoms with Gasteiger partial charge in [-0.1, -0.05) is 78.9 Å². The van der Waals surface area contributed by atoms with E-state index < -0.39 is 5.41 Å². The third-order valence-electron chi connectivity index (χ3n) is 9.91. The zero-order valence-electron chi connectivity index (χ0n) is 23.7. The highest BCUT2D eigenvalue weighted by Crippen LogP contribution is 2.68. The van der Waals surface area contributed by atoms with E-state index in [1.54, 1.807) is 24.5 Å². The van der Waals surface area contributed by atoms with Gasteiger partial charge in [0.2, 0.25) is 11.8 Å². The Morgan fingerprint density at radius 3 is 2.60 bits per heavy atom. The van der Waals surface area contributed by atoms with Crippen molar-refractivity contribution < 1.29 is 14.3 Å². The molecule has 1 aliphatic heterocycles. The van der Waals surface area contributed by atoms with Crippen molar-refractivity contribution in [3.63, 3.8) is 0 Å². The minimum atomic E-state index is -0.729. The first-order valence-corrected chi connectivity index (χ1v) is 15.5. The van der Waals surface area contributed by atoms with Crippen LogP contribution in [0.15, 0.2) is 102 Å². The third kappa shape index (κ3) is 4.03. The molecule has 42 heavy (non-hydrogen) atoms. The summed E-state index contributed by atoms with van der Waals surface area (Å²) in [5.74, 6) is 0.700. The molecule has 0 spiro atoms. The lowest BCUT2D eigenvalue weighted by Crippen LogP contribution is -2.62. The number of benzene rings is 3. The number of rotatable bonds is 7. The molecule has 1 aromatic heterocycles. The van der Waals surface area contributed by atoms with Gasteiger partial charge in [-0.3, -0.25) is 9.59 Å². The summed E-state index contributed by atoms with van der Waals surface area (Å²) in [5, 5.41) is 5.37. The van der Waals surface area contributed by atoms with Gasteiger partial charge in [-0.25, -0.2) is 0 Å². The molecule has 8 rings (SSSR count). The Morgan fingerprint density at radius 2 is 1.79 bits per heavy atom. The van der Waals surface area contributed by atoms with Crippen LogP contribution in [-0.2, 0) is 21.5 Å². The number of ether oxygens (including phenoxy) is 1. The second-order valence-corrected chi connectivity index (χ2v) is 12.7. The van der Waals surface area contributed by atoms with Crippen molar-refractivity contribution in [1.82, 2.24) is 10.2 Å². The Bertz CT molecular complexity index is 1650. The fraction of sp³-hybridized carbons (Fsp3) is 0.278. The molecule has 0 radical (unpaired) electrons. The minimum Gasteiger partial charge on any atom is -0.496 e. The molecule has 0 unspecified atom stereocenters. The maximum Gasteiger partial charge on any atom is 0.246 e. The minimum absolute atomic E-state index is 0.0450. The van der Waals surface area contributed by atoms with Gasteiger partial charge in [0, 0.05) is 46.9 Å². The van der Waals surface area contributed by atoms with E-state index in [1.807, 2.05) is 46.7 Å². The Morgan fingerprint density at radius 1 is 1.00 bits per heavy atom. The van der Waals surface area contributed by atoms with Crippen molar-refractivity contribution in [3.05, 3.63) is 130 Å². The second-order valence-electron chi connectivity index (χ2n) is 11.7. The molecular weight excluding hydrogens is 540 g/mol. The number of hydrogen-bond donors (Lipinski definition) is 1. The maximum atomic E-state index is 14.6. The van der Waals surface area contributed by atoms with Crippen LogP contribution in [0.3, 0.4) is 0 Å². The van der Waals surface area contributed by atoms with Gasteiger partial charge >= 0.3 is 0 Å². The van der Waals surface area contributed by atoms with Crippen molar-refractivity contribution >= 4 is 29.2 Å². The highest BCUT2D eigenvalue weighted by Gasteiger charge is 2.70. The molecule has 4 aliphatic rings. The van der Waals surface area contributed by atoms with Crippen molar-refractivity contribution in [1.29, 1.82) is 0 Å². The number of fused-ring (bicyclic) bond motifs is 1. The van der Waals surface area contributed by atoms with Gasteiger partial charge in [-0.2, -0.15) is 0 Å². The predicted octanol–water partition coefficient (Wildman–Crippen LogP) is 6.41. The molecule has 2 amide bonds. The van der Waals surface area contributed by atoms with Crippen molar-refractivity contribution in [2.75, 3.05) is 20.2 Å². The smallest absolute Gasteiger partial charge is 0.246 e. The molecule has 2 bridgehead atoms. The van der Waals surface area contributed by atoms with Crippen molar-refractivity contribution in [2.24, 2.45) is 11.3 Å². The molecule has 2 fully saturated rings. The van der Waals surface area contributed by atoms with E-state index in [0.29, 0.717) is 19.6 Å². The molecule has 1 N–H and O–H groups in total. The molecule has 1 saturated heterocycles. The molecular formula is C36H34N2O3S. The fourth-order valence-electron chi connectivity index (χ4n) is 8.20. The predicted molar refractivity (Wildman–Crippen MR) is 166 cm³/mol. The monoisotopic (exact) mass is 574 g/mol. The van der Waals surface area contributed by atoms with Crippen LogP contribution in [-0.4, -0.2) is 36.9 Å². The van der Waals surface area contributed by atoms with E-state index in [2.05, 4.69) is 66.0 Å².